The van der Waals surface area contributed by atoms with Crippen molar-refractivity contribution < 1.29 is 13.6 Å². The SMILES string of the molecule is CC(=O)Nc1ccc(Nc2ccnc(Nc3ccc(F)c(F)c3)n2)cc1. The number of hydrogen-bond donors (Lipinski definition) is 3. The van der Waals surface area contributed by atoms with Crippen molar-refractivity contribution in [2.24, 2.45) is 0 Å². The fourth-order valence-corrected chi connectivity index (χ4v) is 2.18. The first-order valence-corrected chi connectivity index (χ1v) is 7.69. The van der Waals surface area contributed by atoms with Crippen molar-refractivity contribution in [3.8, 4) is 0 Å². The number of amides is 1. The van der Waals surface area contributed by atoms with Crippen molar-refractivity contribution in [1.82, 2.24) is 9.97 Å². The first kappa shape index (κ1) is 17.3. The van der Waals surface area contributed by atoms with Gasteiger partial charge in [0.15, 0.2) is 11.6 Å². The lowest BCUT2D eigenvalue weighted by atomic mass is 10.2. The lowest BCUT2D eigenvalue weighted by Gasteiger charge is -2.09. The largest absolute Gasteiger partial charge is 0.340 e. The molecule has 3 N–H and O–H groups in total. The van der Waals surface area contributed by atoms with Gasteiger partial charge in [-0.05, 0) is 42.5 Å². The Labute approximate surface area is 148 Å². The van der Waals surface area contributed by atoms with E-state index in [1.807, 2.05) is 0 Å². The summed E-state index contributed by atoms with van der Waals surface area (Å²) < 4.78 is 26.2. The molecule has 26 heavy (non-hydrogen) atoms. The minimum absolute atomic E-state index is 0.144. The van der Waals surface area contributed by atoms with Crippen LogP contribution >= 0.6 is 0 Å². The smallest absolute Gasteiger partial charge is 0.229 e. The molecule has 3 aromatic rings. The Hall–Kier alpha value is -3.55. The standard InChI is InChI=1S/C18H15F2N5O/c1-11(26)22-12-2-4-13(5-3-12)23-17-8-9-21-18(25-17)24-14-6-7-15(19)16(20)10-14/h2-10H,1H3,(H,22,26)(H2,21,23,24,25). The van der Waals surface area contributed by atoms with Crippen LogP contribution in [-0.4, -0.2) is 15.9 Å². The quantitative estimate of drug-likeness (QED) is 0.639. The van der Waals surface area contributed by atoms with Crippen LogP contribution in [0.15, 0.2) is 54.7 Å². The number of halogens is 2. The number of aromatic nitrogens is 2. The monoisotopic (exact) mass is 355 g/mol. The summed E-state index contributed by atoms with van der Waals surface area (Å²) in [6.07, 6.45) is 1.53. The van der Waals surface area contributed by atoms with Crippen molar-refractivity contribution >= 4 is 34.7 Å². The molecule has 0 atom stereocenters. The maximum atomic E-state index is 13.3. The molecule has 0 bridgehead atoms. The minimum atomic E-state index is -0.955. The number of carbonyl (C=O) groups excluding carboxylic acids is 1. The molecule has 3 rings (SSSR count). The summed E-state index contributed by atoms with van der Waals surface area (Å²) in [6, 6.07) is 12.2. The summed E-state index contributed by atoms with van der Waals surface area (Å²) in [5.74, 6) is -1.28. The molecule has 0 aliphatic carbocycles. The molecule has 0 saturated carbocycles. The van der Waals surface area contributed by atoms with E-state index < -0.39 is 11.6 Å². The van der Waals surface area contributed by atoms with Gasteiger partial charge in [0, 0.05) is 36.2 Å². The van der Waals surface area contributed by atoms with Crippen molar-refractivity contribution in [2.45, 2.75) is 6.92 Å². The molecule has 0 saturated heterocycles. The number of hydrogen-bond acceptors (Lipinski definition) is 5. The van der Waals surface area contributed by atoms with Gasteiger partial charge < -0.3 is 16.0 Å². The maximum Gasteiger partial charge on any atom is 0.229 e. The van der Waals surface area contributed by atoms with Gasteiger partial charge in [-0.2, -0.15) is 4.98 Å². The molecule has 1 amide bonds. The molecule has 132 valence electrons. The lowest BCUT2D eigenvalue weighted by molar-refractivity contribution is -0.114. The van der Waals surface area contributed by atoms with Gasteiger partial charge in [-0.25, -0.2) is 13.8 Å². The Bertz CT molecular complexity index is 931. The second-order valence-corrected chi connectivity index (χ2v) is 5.40. The molecule has 1 aromatic heterocycles. The van der Waals surface area contributed by atoms with Crippen LogP contribution in [0.1, 0.15) is 6.92 Å². The Morgan fingerprint density at radius 2 is 1.58 bits per heavy atom. The number of nitrogens with one attached hydrogen (secondary N) is 3. The van der Waals surface area contributed by atoms with E-state index in [1.54, 1.807) is 30.3 Å². The first-order chi connectivity index (χ1) is 12.5. The third-order valence-electron chi connectivity index (χ3n) is 3.31. The average molecular weight is 355 g/mol. The number of carbonyl (C=O) groups is 1. The molecule has 0 unspecified atom stereocenters. The van der Waals surface area contributed by atoms with Crippen LogP contribution in [0, 0.1) is 11.6 Å². The summed E-state index contributed by atoms with van der Waals surface area (Å²) in [5.41, 5.74) is 1.78. The highest BCUT2D eigenvalue weighted by Gasteiger charge is 2.05. The van der Waals surface area contributed by atoms with Crippen LogP contribution < -0.4 is 16.0 Å². The van der Waals surface area contributed by atoms with Gasteiger partial charge in [-0.15, -0.1) is 0 Å². The van der Waals surface area contributed by atoms with Gasteiger partial charge in [0.2, 0.25) is 11.9 Å². The normalized spacial score (nSPS) is 10.3. The van der Waals surface area contributed by atoms with Gasteiger partial charge in [-0.1, -0.05) is 0 Å². The van der Waals surface area contributed by atoms with Gasteiger partial charge in [0.25, 0.3) is 0 Å². The highest BCUT2D eigenvalue weighted by molar-refractivity contribution is 5.88. The molecule has 2 aromatic carbocycles. The number of benzene rings is 2. The van der Waals surface area contributed by atoms with Crippen LogP contribution in [0.4, 0.5) is 37.6 Å². The van der Waals surface area contributed by atoms with Crippen molar-refractivity contribution in [1.29, 1.82) is 0 Å². The van der Waals surface area contributed by atoms with E-state index in [4.69, 9.17) is 0 Å². The minimum Gasteiger partial charge on any atom is -0.340 e. The second kappa shape index (κ2) is 7.56. The van der Waals surface area contributed by atoms with Crippen LogP contribution in [0.3, 0.4) is 0 Å². The van der Waals surface area contributed by atoms with E-state index in [-0.39, 0.29) is 11.9 Å². The van der Waals surface area contributed by atoms with Crippen LogP contribution in [0.2, 0.25) is 0 Å². The summed E-state index contributed by atoms with van der Waals surface area (Å²) >= 11 is 0. The topological polar surface area (TPSA) is 78.9 Å². The van der Waals surface area contributed by atoms with Gasteiger partial charge in [0.1, 0.15) is 5.82 Å². The number of nitrogens with zero attached hydrogens (tertiary/aromatic N) is 2. The number of anilines is 5. The molecule has 0 aliphatic heterocycles. The molecular weight excluding hydrogens is 340 g/mol. The predicted molar refractivity (Wildman–Crippen MR) is 95.7 cm³/mol. The average Bonchev–Trinajstić information content (AvgIpc) is 2.60. The molecule has 8 heteroatoms. The Morgan fingerprint density at radius 3 is 2.27 bits per heavy atom. The van der Waals surface area contributed by atoms with Gasteiger partial charge >= 0.3 is 0 Å². The zero-order chi connectivity index (χ0) is 18.5. The zero-order valence-corrected chi connectivity index (χ0v) is 13.8. The van der Waals surface area contributed by atoms with Crippen LogP contribution in [-0.2, 0) is 4.79 Å². The first-order valence-electron chi connectivity index (χ1n) is 7.69. The molecule has 0 aliphatic rings. The van der Waals surface area contributed by atoms with E-state index in [9.17, 15) is 13.6 Å². The molecule has 6 nitrogen and oxygen atoms in total. The Balaban J connectivity index is 1.70. The zero-order valence-electron chi connectivity index (χ0n) is 13.8. The van der Waals surface area contributed by atoms with E-state index in [0.29, 0.717) is 17.2 Å². The molecule has 0 spiro atoms. The summed E-state index contributed by atoms with van der Waals surface area (Å²) in [7, 11) is 0. The third-order valence-corrected chi connectivity index (χ3v) is 3.31. The van der Waals surface area contributed by atoms with E-state index in [2.05, 4.69) is 25.9 Å². The Kier molecular flexibility index (Phi) is 5.02. The van der Waals surface area contributed by atoms with Crippen molar-refractivity contribution in [3.63, 3.8) is 0 Å². The van der Waals surface area contributed by atoms with E-state index in [1.165, 1.54) is 19.2 Å². The molecule has 1 heterocycles. The summed E-state index contributed by atoms with van der Waals surface area (Å²) in [6.45, 7) is 1.44. The summed E-state index contributed by atoms with van der Waals surface area (Å²) in [4.78, 5) is 19.3. The van der Waals surface area contributed by atoms with E-state index >= 15 is 0 Å². The summed E-state index contributed by atoms with van der Waals surface area (Å²) in [5, 5.41) is 8.59. The maximum absolute atomic E-state index is 13.3. The number of rotatable bonds is 5. The highest BCUT2D eigenvalue weighted by atomic mass is 19.2. The fourth-order valence-electron chi connectivity index (χ4n) is 2.18. The lowest BCUT2D eigenvalue weighted by Crippen LogP contribution is -2.05. The molecule has 0 radical (unpaired) electrons. The fraction of sp³-hybridized carbons (Fsp3) is 0.0556. The highest BCUT2D eigenvalue weighted by Crippen LogP contribution is 2.20. The van der Waals surface area contributed by atoms with Crippen LogP contribution in [0.25, 0.3) is 0 Å². The molecular formula is C18H15F2N5O. The predicted octanol–water partition coefficient (Wildman–Crippen LogP) is 4.20. The van der Waals surface area contributed by atoms with Crippen molar-refractivity contribution in [2.75, 3.05) is 16.0 Å². The molecule has 0 fully saturated rings. The van der Waals surface area contributed by atoms with Gasteiger partial charge in [0.05, 0.1) is 0 Å². The third kappa shape index (κ3) is 4.50. The van der Waals surface area contributed by atoms with Gasteiger partial charge in [-0.3, -0.25) is 4.79 Å². The van der Waals surface area contributed by atoms with Crippen molar-refractivity contribution in [3.05, 3.63) is 66.4 Å². The Morgan fingerprint density at radius 1 is 0.885 bits per heavy atom. The van der Waals surface area contributed by atoms with E-state index in [0.717, 1.165) is 17.8 Å². The van der Waals surface area contributed by atoms with Crippen LogP contribution in [0.5, 0.6) is 0 Å². The second-order valence-electron chi connectivity index (χ2n) is 5.40.